The lowest BCUT2D eigenvalue weighted by Gasteiger charge is -2.34. The number of halogens is 1. The second kappa shape index (κ2) is 11.9. The summed E-state index contributed by atoms with van der Waals surface area (Å²) in [7, 11) is 0. The van der Waals surface area contributed by atoms with Crippen molar-refractivity contribution in [3.05, 3.63) is 83.7 Å². The van der Waals surface area contributed by atoms with Gasteiger partial charge in [-0.15, -0.1) is 0 Å². The number of carbonyl (C=O) groups is 2. The highest BCUT2D eigenvalue weighted by atomic mass is 19.1. The topological polar surface area (TPSA) is 61.9 Å². The number of benzene rings is 3. The lowest BCUT2D eigenvalue weighted by atomic mass is 9.88. The van der Waals surface area contributed by atoms with Gasteiger partial charge in [0.25, 0.3) is 5.91 Å². The van der Waals surface area contributed by atoms with Crippen LogP contribution in [0, 0.1) is 17.7 Å². The Morgan fingerprint density at radius 3 is 2.42 bits per heavy atom. The Morgan fingerprint density at radius 2 is 1.66 bits per heavy atom. The Bertz CT molecular complexity index is 1250. The lowest BCUT2D eigenvalue weighted by molar-refractivity contribution is 0.0778. The molecule has 200 valence electrons. The summed E-state index contributed by atoms with van der Waals surface area (Å²) in [5, 5.41) is 4.70. The number of hydrogen-bond acceptors (Lipinski definition) is 4. The number of rotatable bonds is 7. The summed E-state index contributed by atoms with van der Waals surface area (Å²) < 4.78 is 18.9. The van der Waals surface area contributed by atoms with Gasteiger partial charge in [0, 0.05) is 37.7 Å². The van der Waals surface area contributed by atoms with Gasteiger partial charge < -0.3 is 19.9 Å². The van der Waals surface area contributed by atoms with Gasteiger partial charge >= 0.3 is 6.09 Å². The molecule has 5 rings (SSSR count). The molecule has 0 bridgehead atoms. The fourth-order valence-corrected chi connectivity index (χ4v) is 5.98. The van der Waals surface area contributed by atoms with E-state index in [1.54, 1.807) is 12.1 Å². The highest BCUT2D eigenvalue weighted by Crippen LogP contribution is 2.32. The molecule has 7 heteroatoms. The van der Waals surface area contributed by atoms with Crippen molar-refractivity contribution in [1.82, 2.24) is 15.1 Å². The molecule has 0 saturated carbocycles. The van der Waals surface area contributed by atoms with Gasteiger partial charge in [0.05, 0.1) is 6.61 Å². The molecule has 1 N–H and O–H groups in total. The van der Waals surface area contributed by atoms with E-state index >= 15 is 0 Å². The van der Waals surface area contributed by atoms with Gasteiger partial charge in [0.15, 0.2) is 0 Å². The summed E-state index contributed by atoms with van der Waals surface area (Å²) in [5.41, 5.74) is 1.92. The van der Waals surface area contributed by atoms with Crippen LogP contribution >= 0.6 is 0 Å². The number of nitrogens with zero attached hydrogens (tertiary/aromatic N) is 2. The number of likely N-dealkylation sites (tertiary alicyclic amines) is 2. The Balaban J connectivity index is 1.26. The quantitative estimate of drug-likeness (QED) is 0.463. The first kappa shape index (κ1) is 26.2. The van der Waals surface area contributed by atoms with Crippen molar-refractivity contribution in [2.45, 2.75) is 25.7 Å². The molecule has 2 heterocycles. The molecule has 0 spiro atoms. The average Bonchev–Trinajstić information content (AvgIpc) is 3.34. The minimum atomic E-state index is -0.412. The van der Waals surface area contributed by atoms with Crippen LogP contribution < -0.4 is 5.32 Å². The maximum Gasteiger partial charge on any atom is 0.407 e. The number of ether oxygens (including phenoxy) is 1. The Kier molecular flexibility index (Phi) is 8.23. The molecule has 2 fully saturated rings. The number of piperidine rings is 1. The molecule has 2 unspecified atom stereocenters. The zero-order valence-electron chi connectivity index (χ0n) is 21.9. The molecule has 6 nitrogen and oxygen atoms in total. The van der Waals surface area contributed by atoms with E-state index in [1.807, 2.05) is 66.4 Å². The molecule has 0 aliphatic carbocycles. The summed E-state index contributed by atoms with van der Waals surface area (Å²) in [4.78, 5) is 30.1. The third-order valence-corrected chi connectivity index (χ3v) is 8.06. The van der Waals surface area contributed by atoms with E-state index in [9.17, 15) is 14.0 Å². The van der Waals surface area contributed by atoms with Crippen LogP contribution in [0.5, 0.6) is 0 Å². The summed E-state index contributed by atoms with van der Waals surface area (Å²) in [6, 6.07) is 20.7. The first-order valence-corrected chi connectivity index (χ1v) is 13.7. The van der Waals surface area contributed by atoms with E-state index in [0.717, 1.165) is 43.2 Å². The van der Waals surface area contributed by atoms with E-state index in [0.29, 0.717) is 37.7 Å². The summed E-state index contributed by atoms with van der Waals surface area (Å²) >= 11 is 0. The summed E-state index contributed by atoms with van der Waals surface area (Å²) in [6.07, 6.45) is 1.64. The molecule has 2 amide bonds. The van der Waals surface area contributed by atoms with Gasteiger partial charge in [-0.1, -0.05) is 48.5 Å². The van der Waals surface area contributed by atoms with E-state index in [2.05, 4.69) is 10.2 Å². The van der Waals surface area contributed by atoms with E-state index < -0.39 is 6.09 Å². The van der Waals surface area contributed by atoms with Gasteiger partial charge in [-0.3, -0.25) is 4.79 Å². The van der Waals surface area contributed by atoms with E-state index in [4.69, 9.17) is 4.74 Å². The van der Waals surface area contributed by atoms with Crippen LogP contribution in [-0.4, -0.2) is 67.7 Å². The molecular weight excluding hydrogens is 481 g/mol. The van der Waals surface area contributed by atoms with E-state index in [1.165, 1.54) is 5.56 Å². The minimum absolute atomic E-state index is 0.0299. The van der Waals surface area contributed by atoms with Gasteiger partial charge in [0.1, 0.15) is 5.82 Å². The third kappa shape index (κ3) is 5.99. The van der Waals surface area contributed by atoms with Crippen LogP contribution in [0.4, 0.5) is 9.18 Å². The van der Waals surface area contributed by atoms with E-state index in [-0.39, 0.29) is 23.6 Å². The smallest absolute Gasteiger partial charge is 0.407 e. The van der Waals surface area contributed by atoms with Crippen molar-refractivity contribution in [3.63, 3.8) is 0 Å². The zero-order valence-corrected chi connectivity index (χ0v) is 21.9. The van der Waals surface area contributed by atoms with Crippen molar-refractivity contribution in [1.29, 1.82) is 0 Å². The molecule has 38 heavy (non-hydrogen) atoms. The number of nitrogens with one attached hydrogen (secondary N) is 1. The average molecular weight is 518 g/mol. The fourth-order valence-electron chi connectivity index (χ4n) is 5.98. The first-order chi connectivity index (χ1) is 18.5. The molecule has 0 aromatic heterocycles. The van der Waals surface area contributed by atoms with Gasteiger partial charge in [0.2, 0.25) is 0 Å². The zero-order chi connectivity index (χ0) is 26.5. The molecular formula is C31H36FN3O3. The van der Waals surface area contributed by atoms with Crippen LogP contribution in [0.3, 0.4) is 0 Å². The standard InChI is InChI=1S/C31H36FN3O3/c1-2-33-31(37)38-21-26-20-35(30(36)29-9-5-7-24-6-3-4-8-28(24)29)19-25(26)18-34-16-14-23(15-17-34)22-10-12-27(32)13-11-22/h3-13,23,25-26H,2,14-21H2,1H3,(H,33,37). The Labute approximate surface area is 223 Å². The van der Waals surface area contributed by atoms with Gasteiger partial charge in [-0.2, -0.15) is 0 Å². The van der Waals surface area contributed by atoms with Crippen molar-refractivity contribution < 1.29 is 18.7 Å². The van der Waals surface area contributed by atoms with Crippen molar-refractivity contribution >= 4 is 22.8 Å². The van der Waals surface area contributed by atoms with Crippen LogP contribution in [0.15, 0.2) is 66.7 Å². The monoisotopic (exact) mass is 517 g/mol. The van der Waals surface area contributed by atoms with Gasteiger partial charge in [-0.25, -0.2) is 9.18 Å². The predicted octanol–water partition coefficient (Wildman–Crippen LogP) is 5.29. The first-order valence-electron chi connectivity index (χ1n) is 13.7. The summed E-state index contributed by atoms with van der Waals surface area (Å²) in [6.45, 7) is 6.66. The number of fused-ring (bicyclic) bond motifs is 1. The number of alkyl carbamates (subject to hydrolysis) is 1. The van der Waals surface area contributed by atoms with Crippen LogP contribution in [0.1, 0.15) is 41.6 Å². The van der Waals surface area contributed by atoms with Crippen LogP contribution in [0.25, 0.3) is 10.8 Å². The summed E-state index contributed by atoms with van der Waals surface area (Å²) in [5.74, 6) is 0.562. The molecule has 2 saturated heterocycles. The predicted molar refractivity (Wildman–Crippen MR) is 147 cm³/mol. The van der Waals surface area contributed by atoms with Crippen LogP contribution in [0.2, 0.25) is 0 Å². The SMILES string of the molecule is CCNC(=O)OCC1CN(C(=O)c2cccc3ccccc23)CC1CN1CCC(c2ccc(F)cc2)CC1. The number of hydrogen-bond donors (Lipinski definition) is 1. The van der Waals surface area contributed by atoms with Gasteiger partial charge in [-0.05, 0) is 79.2 Å². The Hall–Kier alpha value is -3.45. The van der Waals surface area contributed by atoms with Crippen molar-refractivity contribution in [2.75, 3.05) is 45.9 Å². The molecule has 2 aliphatic heterocycles. The molecule has 2 atom stereocenters. The highest BCUT2D eigenvalue weighted by molar-refractivity contribution is 6.07. The molecule has 2 aliphatic rings. The van der Waals surface area contributed by atoms with Crippen molar-refractivity contribution in [2.24, 2.45) is 11.8 Å². The molecule has 3 aromatic rings. The number of carbonyl (C=O) groups excluding carboxylic acids is 2. The van der Waals surface area contributed by atoms with Crippen molar-refractivity contribution in [3.8, 4) is 0 Å². The normalized spacial score (nSPS) is 20.5. The lowest BCUT2D eigenvalue weighted by Crippen LogP contribution is -2.39. The maximum atomic E-state index is 13.7. The minimum Gasteiger partial charge on any atom is -0.449 e. The number of amides is 2. The maximum absolute atomic E-state index is 13.7. The second-order valence-electron chi connectivity index (χ2n) is 10.5. The largest absolute Gasteiger partial charge is 0.449 e. The third-order valence-electron chi connectivity index (χ3n) is 8.06. The highest BCUT2D eigenvalue weighted by Gasteiger charge is 2.38. The second-order valence-corrected chi connectivity index (χ2v) is 10.5. The Morgan fingerprint density at radius 1 is 0.947 bits per heavy atom. The fraction of sp³-hybridized carbons (Fsp3) is 0.419. The molecule has 0 radical (unpaired) electrons. The van der Waals surface area contributed by atoms with Crippen LogP contribution in [-0.2, 0) is 4.74 Å². The molecule has 3 aromatic carbocycles.